The molecule has 7 heteroatoms. The Hall–Kier alpha value is -1.89. The first-order chi connectivity index (χ1) is 13.1. The third-order valence-electron chi connectivity index (χ3n) is 5.52. The Kier molecular flexibility index (Phi) is 7.26. The number of nitrogens with zero attached hydrogens (tertiary/aromatic N) is 2. The Labute approximate surface area is 164 Å². The van der Waals surface area contributed by atoms with Crippen molar-refractivity contribution in [3.8, 4) is 0 Å². The molecule has 0 atom stereocenters. The fourth-order valence-corrected chi connectivity index (χ4v) is 4.50. The summed E-state index contributed by atoms with van der Waals surface area (Å²) in [6, 6.07) is 1.77. The van der Waals surface area contributed by atoms with Crippen molar-refractivity contribution in [3.05, 3.63) is 22.4 Å². The lowest BCUT2D eigenvalue weighted by molar-refractivity contribution is -0.140. The molecule has 0 aliphatic carbocycles. The number of rotatable bonds is 5. The topological polar surface area (TPSA) is 69.7 Å². The van der Waals surface area contributed by atoms with Crippen molar-refractivity contribution in [1.82, 2.24) is 15.1 Å². The summed E-state index contributed by atoms with van der Waals surface area (Å²) in [5, 5.41) is 6.44. The molecule has 1 aromatic rings. The van der Waals surface area contributed by atoms with Crippen LogP contribution in [0.2, 0.25) is 0 Å². The molecule has 2 fully saturated rings. The fraction of sp³-hybridized carbons (Fsp3) is 0.650. The molecule has 3 heterocycles. The second-order valence-electron chi connectivity index (χ2n) is 7.41. The molecule has 2 aliphatic rings. The van der Waals surface area contributed by atoms with E-state index in [1.165, 1.54) is 24.2 Å². The number of carbonyl (C=O) groups excluding carboxylic acids is 3. The Morgan fingerprint density at radius 2 is 1.70 bits per heavy atom. The average molecular weight is 392 g/mol. The Balaban J connectivity index is 1.37. The lowest BCUT2D eigenvalue weighted by atomic mass is 9.95. The largest absolute Gasteiger partial charge is 0.351 e. The van der Waals surface area contributed by atoms with Crippen LogP contribution in [0, 0.1) is 5.92 Å². The van der Waals surface area contributed by atoms with E-state index in [9.17, 15) is 14.4 Å². The Morgan fingerprint density at radius 3 is 2.33 bits per heavy atom. The van der Waals surface area contributed by atoms with E-state index in [1.54, 1.807) is 11.4 Å². The molecule has 2 aliphatic heterocycles. The fourth-order valence-electron chi connectivity index (χ4n) is 3.86. The predicted molar refractivity (Wildman–Crippen MR) is 106 cm³/mol. The first kappa shape index (κ1) is 19.9. The lowest BCUT2D eigenvalue weighted by Gasteiger charge is -2.34. The summed E-state index contributed by atoms with van der Waals surface area (Å²) in [5.41, 5.74) is 0.639. The third-order valence-corrected chi connectivity index (χ3v) is 6.21. The van der Waals surface area contributed by atoms with Gasteiger partial charge in [0.15, 0.2) is 0 Å². The summed E-state index contributed by atoms with van der Waals surface area (Å²) < 4.78 is 0. The Bertz CT molecular complexity index is 631. The molecule has 0 spiro atoms. The standard InChI is InChI=1S/C20H29N3O3S/c24-18(5-9-21-19(25)17-8-14-27-15-17)22-12-6-16(7-13-22)20(26)23-10-3-1-2-4-11-23/h8,14-16H,1-7,9-13H2,(H,21,25). The highest BCUT2D eigenvalue weighted by Crippen LogP contribution is 2.22. The highest BCUT2D eigenvalue weighted by molar-refractivity contribution is 7.08. The van der Waals surface area contributed by atoms with Crippen molar-refractivity contribution in [2.75, 3.05) is 32.7 Å². The number of nitrogens with one attached hydrogen (secondary N) is 1. The zero-order chi connectivity index (χ0) is 19.1. The van der Waals surface area contributed by atoms with Crippen molar-refractivity contribution in [1.29, 1.82) is 0 Å². The summed E-state index contributed by atoms with van der Waals surface area (Å²) >= 11 is 1.48. The SMILES string of the molecule is O=C(NCCC(=O)N1CCC(C(=O)N2CCCCCC2)CC1)c1ccsc1. The summed E-state index contributed by atoms with van der Waals surface area (Å²) in [5.74, 6) is 0.268. The van der Waals surface area contributed by atoms with Crippen molar-refractivity contribution >= 4 is 29.1 Å². The number of amides is 3. The summed E-state index contributed by atoms with van der Waals surface area (Å²) in [6.07, 6.45) is 6.48. The second kappa shape index (κ2) is 9.88. The predicted octanol–water partition coefficient (Wildman–Crippen LogP) is 2.51. The minimum atomic E-state index is -0.134. The molecule has 27 heavy (non-hydrogen) atoms. The normalized spacial score (nSPS) is 18.8. The van der Waals surface area contributed by atoms with Gasteiger partial charge in [0.1, 0.15) is 0 Å². The number of likely N-dealkylation sites (tertiary alicyclic amines) is 2. The lowest BCUT2D eigenvalue weighted by Crippen LogP contribution is -2.45. The first-order valence-electron chi connectivity index (χ1n) is 10.0. The van der Waals surface area contributed by atoms with E-state index in [0.717, 1.165) is 38.8 Å². The molecular weight excluding hydrogens is 362 g/mol. The van der Waals surface area contributed by atoms with E-state index in [-0.39, 0.29) is 23.6 Å². The van der Waals surface area contributed by atoms with Crippen LogP contribution in [-0.2, 0) is 9.59 Å². The van der Waals surface area contributed by atoms with Crippen LogP contribution >= 0.6 is 11.3 Å². The number of carbonyl (C=O) groups is 3. The van der Waals surface area contributed by atoms with Gasteiger partial charge in [-0.1, -0.05) is 12.8 Å². The van der Waals surface area contributed by atoms with E-state index in [0.29, 0.717) is 31.6 Å². The third kappa shape index (κ3) is 5.54. The highest BCUT2D eigenvalue weighted by Gasteiger charge is 2.30. The summed E-state index contributed by atoms with van der Waals surface area (Å²) in [7, 11) is 0. The van der Waals surface area contributed by atoms with Gasteiger partial charge in [0.25, 0.3) is 5.91 Å². The van der Waals surface area contributed by atoms with E-state index < -0.39 is 0 Å². The Morgan fingerprint density at radius 1 is 1.00 bits per heavy atom. The van der Waals surface area contributed by atoms with Crippen LogP contribution in [0.15, 0.2) is 16.8 Å². The van der Waals surface area contributed by atoms with E-state index in [2.05, 4.69) is 5.32 Å². The van der Waals surface area contributed by atoms with Gasteiger partial charge in [0.2, 0.25) is 11.8 Å². The van der Waals surface area contributed by atoms with Gasteiger partial charge in [0.05, 0.1) is 0 Å². The number of hydrogen-bond acceptors (Lipinski definition) is 4. The molecule has 0 saturated carbocycles. The minimum Gasteiger partial charge on any atom is -0.351 e. The zero-order valence-electron chi connectivity index (χ0n) is 15.8. The molecule has 0 bridgehead atoms. The molecular formula is C20H29N3O3S. The molecule has 6 nitrogen and oxygen atoms in total. The van der Waals surface area contributed by atoms with Gasteiger partial charge in [-0.25, -0.2) is 0 Å². The summed E-state index contributed by atoms with van der Waals surface area (Å²) in [6.45, 7) is 3.41. The quantitative estimate of drug-likeness (QED) is 0.838. The molecule has 0 unspecified atom stereocenters. The van der Waals surface area contributed by atoms with Gasteiger partial charge in [-0.15, -0.1) is 0 Å². The van der Waals surface area contributed by atoms with E-state index in [4.69, 9.17) is 0 Å². The molecule has 0 radical (unpaired) electrons. The molecule has 148 valence electrons. The maximum absolute atomic E-state index is 12.7. The molecule has 1 aromatic heterocycles. The number of piperidine rings is 1. The highest BCUT2D eigenvalue weighted by atomic mass is 32.1. The van der Waals surface area contributed by atoms with Crippen LogP contribution in [0.5, 0.6) is 0 Å². The zero-order valence-corrected chi connectivity index (χ0v) is 16.6. The van der Waals surface area contributed by atoms with Crippen LogP contribution in [0.3, 0.4) is 0 Å². The average Bonchev–Trinajstić information content (AvgIpc) is 3.10. The number of thiophene rings is 1. The first-order valence-corrected chi connectivity index (χ1v) is 11.0. The number of hydrogen-bond donors (Lipinski definition) is 1. The molecule has 1 N–H and O–H groups in total. The minimum absolute atomic E-state index is 0.0568. The second-order valence-corrected chi connectivity index (χ2v) is 8.19. The smallest absolute Gasteiger partial charge is 0.252 e. The van der Waals surface area contributed by atoms with Gasteiger partial charge in [0, 0.05) is 56.0 Å². The van der Waals surface area contributed by atoms with Gasteiger partial charge in [-0.3, -0.25) is 14.4 Å². The monoisotopic (exact) mass is 391 g/mol. The van der Waals surface area contributed by atoms with Crippen LogP contribution in [-0.4, -0.2) is 60.2 Å². The van der Waals surface area contributed by atoms with Crippen LogP contribution in [0.4, 0.5) is 0 Å². The van der Waals surface area contributed by atoms with E-state index in [1.807, 2.05) is 15.2 Å². The molecule has 3 amide bonds. The maximum atomic E-state index is 12.7. The van der Waals surface area contributed by atoms with Gasteiger partial charge < -0.3 is 15.1 Å². The summed E-state index contributed by atoms with van der Waals surface area (Å²) in [4.78, 5) is 40.8. The molecule has 3 rings (SSSR count). The van der Waals surface area contributed by atoms with Gasteiger partial charge >= 0.3 is 0 Å². The van der Waals surface area contributed by atoms with Crippen LogP contribution in [0.1, 0.15) is 55.3 Å². The maximum Gasteiger partial charge on any atom is 0.252 e. The van der Waals surface area contributed by atoms with Gasteiger partial charge in [-0.2, -0.15) is 11.3 Å². The van der Waals surface area contributed by atoms with Crippen molar-refractivity contribution in [2.24, 2.45) is 5.92 Å². The van der Waals surface area contributed by atoms with Gasteiger partial charge in [-0.05, 0) is 37.1 Å². The van der Waals surface area contributed by atoms with Crippen molar-refractivity contribution in [3.63, 3.8) is 0 Å². The van der Waals surface area contributed by atoms with Crippen molar-refractivity contribution < 1.29 is 14.4 Å². The van der Waals surface area contributed by atoms with Crippen LogP contribution < -0.4 is 5.32 Å². The van der Waals surface area contributed by atoms with Crippen LogP contribution in [0.25, 0.3) is 0 Å². The van der Waals surface area contributed by atoms with Crippen molar-refractivity contribution in [2.45, 2.75) is 44.9 Å². The van der Waals surface area contributed by atoms with E-state index >= 15 is 0 Å². The molecule has 0 aromatic carbocycles. The molecule has 2 saturated heterocycles.